The molecular weight excluding hydrogens is 416 g/mol. The SMILES string of the molecule is CC.CC.CCCc1ccc(-c2ccc3cc(/C=C/C4CCC(CCC)CC4)sc3c2)cc1. The van der Waals surface area contributed by atoms with Crippen LogP contribution in [0.1, 0.15) is 96.9 Å². The van der Waals surface area contributed by atoms with Gasteiger partial charge in [-0.3, -0.25) is 0 Å². The minimum absolute atomic E-state index is 0.783. The lowest BCUT2D eigenvalue weighted by atomic mass is 9.80. The van der Waals surface area contributed by atoms with Crippen LogP contribution in [0.2, 0.25) is 0 Å². The van der Waals surface area contributed by atoms with Gasteiger partial charge in [0, 0.05) is 9.58 Å². The fourth-order valence-corrected chi connectivity index (χ4v) is 5.79. The molecule has 0 N–H and O–H groups in total. The summed E-state index contributed by atoms with van der Waals surface area (Å²) in [6, 6.07) is 18.4. The third-order valence-corrected chi connectivity index (χ3v) is 7.55. The topological polar surface area (TPSA) is 0 Å². The van der Waals surface area contributed by atoms with Crippen LogP contribution in [-0.2, 0) is 6.42 Å². The molecule has 0 saturated heterocycles. The lowest BCUT2D eigenvalue weighted by Crippen LogP contribution is -2.12. The van der Waals surface area contributed by atoms with Crippen molar-refractivity contribution < 1.29 is 0 Å². The molecule has 0 aliphatic heterocycles. The van der Waals surface area contributed by atoms with E-state index in [4.69, 9.17) is 0 Å². The van der Waals surface area contributed by atoms with Gasteiger partial charge < -0.3 is 0 Å². The summed E-state index contributed by atoms with van der Waals surface area (Å²) in [5, 5.41) is 1.37. The van der Waals surface area contributed by atoms with Gasteiger partial charge in [0.25, 0.3) is 0 Å². The zero-order chi connectivity index (χ0) is 24.1. The molecule has 1 heterocycles. The standard InChI is InChI=1S/C28H34S.2C2H6/c1-3-5-21-7-9-23(10-8-21)13-18-27-19-26-17-16-25(20-28(26)29-27)24-14-11-22(6-4-2)12-15-24;2*1-2/h11-21,23H,3-10H2,1-2H3;2*1-2H3/b18-13+;;. The molecule has 2 aromatic carbocycles. The zero-order valence-corrected chi connectivity index (χ0v) is 22.8. The molecule has 1 heteroatoms. The Kier molecular flexibility index (Phi) is 12.5. The van der Waals surface area contributed by atoms with Crippen molar-refractivity contribution in [3.8, 4) is 11.1 Å². The van der Waals surface area contributed by atoms with E-state index in [-0.39, 0.29) is 0 Å². The van der Waals surface area contributed by atoms with Crippen molar-refractivity contribution in [2.75, 3.05) is 0 Å². The third-order valence-electron chi connectivity index (χ3n) is 6.49. The van der Waals surface area contributed by atoms with Crippen molar-refractivity contribution >= 4 is 27.5 Å². The summed E-state index contributed by atoms with van der Waals surface area (Å²) in [6.45, 7) is 12.6. The van der Waals surface area contributed by atoms with E-state index in [0.717, 1.165) is 11.8 Å². The number of fused-ring (bicyclic) bond motifs is 1. The number of rotatable bonds is 7. The van der Waals surface area contributed by atoms with E-state index in [9.17, 15) is 0 Å². The van der Waals surface area contributed by atoms with Crippen LogP contribution in [0.3, 0.4) is 0 Å². The highest BCUT2D eigenvalue weighted by molar-refractivity contribution is 7.19. The normalized spacial score (nSPS) is 17.9. The summed E-state index contributed by atoms with van der Waals surface area (Å²) < 4.78 is 1.39. The van der Waals surface area contributed by atoms with Crippen LogP contribution < -0.4 is 0 Å². The first-order chi connectivity index (χ1) is 16.2. The molecule has 1 fully saturated rings. The molecule has 1 aliphatic carbocycles. The maximum Gasteiger partial charge on any atom is 0.0355 e. The van der Waals surface area contributed by atoms with Crippen LogP contribution in [0.15, 0.2) is 54.6 Å². The number of aryl methyl sites for hydroxylation is 1. The first kappa shape index (κ1) is 27.4. The van der Waals surface area contributed by atoms with E-state index >= 15 is 0 Å². The van der Waals surface area contributed by atoms with Gasteiger partial charge in [-0.1, -0.05) is 103 Å². The lowest BCUT2D eigenvalue weighted by molar-refractivity contribution is 0.295. The van der Waals surface area contributed by atoms with Gasteiger partial charge in [-0.05, 0) is 84.2 Å². The second kappa shape index (κ2) is 15.1. The van der Waals surface area contributed by atoms with Gasteiger partial charge in [0.15, 0.2) is 0 Å². The van der Waals surface area contributed by atoms with Gasteiger partial charge >= 0.3 is 0 Å². The molecule has 1 saturated carbocycles. The van der Waals surface area contributed by atoms with Gasteiger partial charge in [0.2, 0.25) is 0 Å². The van der Waals surface area contributed by atoms with Crippen molar-refractivity contribution in [1.29, 1.82) is 0 Å². The minimum atomic E-state index is 0.783. The second-order valence-corrected chi connectivity index (χ2v) is 9.89. The second-order valence-electron chi connectivity index (χ2n) is 8.78. The summed E-state index contributed by atoms with van der Waals surface area (Å²) in [7, 11) is 0. The van der Waals surface area contributed by atoms with Crippen molar-refractivity contribution in [3.63, 3.8) is 0 Å². The molecule has 180 valence electrons. The van der Waals surface area contributed by atoms with Gasteiger partial charge in [0.1, 0.15) is 0 Å². The molecule has 0 spiro atoms. The number of thiophene rings is 1. The summed E-state index contributed by atoms with van der Waals surface area (Å²) >= 11 is 1.93. The number of hydrogen-bond acceptors (Lipinski definition) is 1. The first-order valence-electron chi connectivity index (χ1n) is 13.6. The van der Waals surface area contributed by atoms with E-state index < -0.39 is 0 Å². The van der Waals surface area contributed by atoms with Crippen molar-refractivity contribution in [2.45, 2.75) is 92.9 Å². The van der Waals surface area contributed by atoms with Crippen molar-refractivity contribution in [2.24, 2.45) is 11.8 Å². The van der Waals surface area contributed by atoms with E-state index in [1.807, 2.05) is 39.0 Å². The minimum Gasteiger partial charge on any atom is -0.136 e. The molecule has 0 unspecified atom stereocenters. The van der Waals surface area contributed by atoms with Crippen LogP contribution in [0.4, 0.5) is 0 Å². The number of hydrogen-bond donors (Lipinski definition) is 0. The summed E-state index contributed by atoms with van der Waals surface area (Å²) in [4.78, 5) is 1.39. The predicted octanol–water partition coefficient (Wildman–Crippen LogP) is 11.2. The Balaban J connectivity index is 0.000000914. The Hall–Kier alpha value is -1.86. The monoisotopic (exact) mass is 462 g/mol. The van der Waals surface area contributed by atoms with E-state index in [1.54, 1.807) is 0 Å². The Morgan fingerprint density at radius 1 is 0.788 bits per heavy atom. The predicted molar refractivity (Wildman–Crippen MR) is 153 cm³/mol. The molecule has 1 aliphatic rings. The first-order valence-corrected chi connectivity index (χ1v) is 14.4. The molecule has 0 nitrogen and oxygen atoms in total. The summed E-state index contributed by atoms with van der Waals surface area (Å²) in [5.74, 6) is 1.77. The van der Waals surface area contributed by atoms with E-state index in [1.165, 1.54) is 83.0 Å². The average molecular weight is 463 g/mol. The van der Waals surface area contributed by atoms with Crippen LogP contribution >= 0.6 is 11.3 Å². The van der Waals surface area contributed by atoms with Crippen LogP contribution in [0, 0.1) is 11.8 Å². The van der Waals surface area contributed by atoms with Crippen LogP contribution in [-0.4, -0.2) is 0 Å². The Morgan fingerprint density at radius 3 is 2.09 bits per heavy atom. The Morgan fingerprint density at radius 2 is 1.45 bits per heavy atom. The van der Waals surface area contributed by atoms with Crippen molar-refractivity contribution in [1.82, 2.24) is 0 Å². The van der Waals surface area contributed by atoms with Crippen LogP contribution in [0.5, 0.6) is 0 Å². The summed E-state index contributed by atoms with van der Waals surface area (Å²) in [5.41, 5.74) is 4.08. The van der Waals surface area contributed by atoms with E-state index in [2.05, 4.69) is 74.5 Å². The molecule has 4 rings (SSSR count). The number of allylic oxidation sites excluding steroid dienone is 1. The third kappa shape index (κ3) is 8.14. The Bertz CT molecular complexity index is 936. The van der Waals surface area contributed by atoms with Gasteiger partial charge in [0.05, 0.1) is 0 Å². The van der Waals surface area contributed by atoms with Crippen LogP contribution in [0.25, 0.3) is 27.3 Å². The highest BCUT2D eigenvalue weighted by Gasteiger charge is 2.18. The molecule has 3 aromatic rings. The fourth-order valence-electron chi connectivity index (χ4n) is 4.77. The molecule has 0 radical (unpaired) electrons. The molecular formula is C32H46S. The average Bonchev–Trinajstić information content (AvgIpc) is 3.29. The Labute approximate surface area is 208 Å². The molecule has 33 heavy (non-hydrogen) atoms. The quantitative estimate of drug-likeness (QED) is 0.327. The highest BCUT2D eigenvalue weighted by Crippen LogP contribution is 2.34. The highest BCUT2D eigenvalue weighted by atomic mass is 32.1. The van der Waals surface area contributed by atoms with Gasteiger partial charge in [-0.2, -0.15) is 0 Å². The summed E-state index contributed by atoms with van der Waals surface area (Å²) in [6.07, 6.45) is 15.6. The zero-order valence-electron chi connectivity index (χ0n) is 22.0. The van der Waals surface area contributed by atoms with E-state index in [0.29, 0.717) is 0 Å². The largest absolute Gasteiger partial charge is 0.136 e. The fraction of sp³-hybridized carbons (Fsp3) is 0.500. The van der Waals surface area contributed by atoms with Gasteiger partial charge in [-0.15, -0.1) is 11.3 Å². The molecule has 0 amide bonds. The maximum atomic E-state index is 2.49. The molecule has 0 bridgehead atoms. The molecule has 0 atom stereocenters. The van der Waals surface area contributed by atoms with Crippen molar-refractivity contribution in [3.05, 3.63) is 65.0 Å². The maximum absolute atomic E-state index is 2.49. The smallest absolute Gasteiger partial charge is 0.0355 e. The lowest BCUT2D eigenvalue weighted by Gasteiger charge is -2.26. The molecule has 1 aromatic heterocycles. The van der Waals surface area contributed by atoms with Gasteiger partial charge in [-0.25, -0.2) is 0 Å². The number of benzene rings is 2.